The maximum Gasteiger partial charge on any atom is 0.329 e. The summed E-state index contributed by atoms with van der Waals surface area (Å²) in [6.45, 7) is 3.73. The van der Waals surface area contributed by atoms with Gasteiger partial charge in [-0.05, 0) is 18.9 Å². The molecule has 2 aliphatic rings. The molecule has 0 bridgehead atoms. The highest BCUT2D eigenvalue weighted by Gasteiger charge is 2.46. The van der Waals surface area contributed by atoms with E-state index in [9.17, 15) is 19.5 Å². The number of fused-ring (bicyclic) bond motifs is 1. The van der Waals surface area contributed by atoms with Gasteiger partial charge in [0.2, 0.25) is 5.91 Å². The Hall–Kier alpha value is -2.63. The smallest absolute Gasteiger partial charge is 0.329 e. The Morgan fingerprint density at radius 2 is 1.80 bits per heavy atom. The van der Waals surface area contributed by atoms with Crippen LogP contribution in [0.25, 0.3) is 5.70 Å². The molecular formula is C19H22N2O4. The van der Waals surface area contributed by atoms with Gasteiger partial charge in [-0.3, -0.25) is 14.5 Å². The SMILES string of the molecule is C=C1c2ccccc2C(=O)N1CC(=O)N(C)C1(C(=O)O)CCCCC1. The Kier molecular flexibility index (Phi) is 4.37. The monoisotopic (exact) mass is 342 g/mol. The maximum absolute atomic E-state index is 12.8. The Labute approximate surface area is 146 Å². The number of carboxylic acids is 1. The third-order valence-electron chi connectivity index (χ3n) is 5.43. The van der Waals surface area contributed by atoms with E-state index in [1.54, 1.807) is 18.2 Å². The zero-order valence-electron chi connectivity index (χ0n) is 14.3. The van der Waals surface area contributed by atoms with Crippen molar-refractivity contribution in [2.75, 3.05) is 13.6 Å². The summed E-state index contributed by atoms with van der Waals surface area (Å²) in [5.74, 6) is -1.63. The zero-order chi connectivity index (χ0) is 18.2. The number of carbonyl (C=O) groups excluding carboxylic acids is 2. The molecular weight excluding hydrogens is 320 g/mol. The highest BCUT2D eigenvalue weighted by atomic mass is 16.4. The normalized spacial score (nSPS) is 18.8. The summed E-state index contributed by atoms with van der Waals surface area (Å²) in [4.78, 5) is 39.8. The fraction of sp³-hybridized carbons (Fsp3) is 0.421. The van der Waals surface area contributed by atoms with E-state index in [0.717, 1.165) is 19.3 Å². The molecule has 0 aromatic heterocycles. The number of carboxylic acid groups (broad SMARTS) is 1. The van der Waals surface area contributed by atoms with Gasteiger partial charge in [-0.25, -0.2) is 4.79 Å². The van der Waals surface area contributed by atoms with Gasteiger partial charge in [0, 0.05) is 23.9 Å². The fourth-order valence-electron chi connectivity index (χ4n) is 3.81. The van der Waals surface area contributed by atoms with Crippen molar-refractivity contribution in [1.29, 1.82) is 0 Å². The van der Waals surface area contributed by atoms with E-state index in [1.807, 2.05) is 6.07 Å². The number of hydrogen-bond acceptors (Lipinski definition) is 3. The van der Waals surface area contributed by atoms with Crippen LogP contribution < -0.4 is 0 Å². The number of nitrogens with zero attached hydrogens (tertiary/aromatic N) is 2. The van der Waals surface area contributed by atoms with Crippen LogP contribution in [0.1, 0.15) is 48.0 Å². The molecule has 1 aliphatic heterocycles. The molecule has 1 aromatic rings. The first-order valence-electron chi connectivity index (χ1n) is 8.49. The van der Waals surface area contributed by atoms with E-state index in [2.05, 4.69) is 6.58 Å². The Balaban J connectivity index is 1.79. The van der Waals surface area contributed by atoms with Crippen LogP contribution in [0.4, 0.5) is 0 Å². The van der Waals surface area contributed by atoms with Crippen molar-refractivity contribution in [3.8, 4) is 0 Å². The molecule has 1 aliphatic carbocycles. The van der Waals surface area contributed by atoms with E-state index in [1.165, 1.54) is 16.8 Å². The number of likely N-dealkylation sites (N-methyl/N-ethyl adjacent to an activating group) is 1. The summed E-state index contributed by atoms with van der Waals surface area (Å²) in [5, 5.41) is 9.72. The van der Waals surface area contributed by atoms with E-state index in [-0.39, 0.29) is 18.4 Å². The highest BCUT2D eigenvalue weighted by Crippen LogP contribution is 2.35. The standard InChI is InChI=1S/C19H22N2O4/c1-13-14-8-4-5-9-15(14)17(23)21(13)12-16(22)20(2)19(18(24)25)10-6-3-7-11-19/h4-5,8-9H,1,3,6-7,10-12H2,2H3,(H,24,25). The van der Waals surface area contributed by atoms with Gasteiger partial charge in [0.25, 0.3) is 5.91 Å². The molecule has 1 fully saturated rings. The predicted molar refractivity (Wildman–Crippen MR) is 92.7 cm³/mol. The minimum atomic E-state index is -1.17. The van der Waals surface area contributed by atoms with Crippen LogP contribution in [0.5, 0.6) is 0 Å². The van der Waals surface area contributed by atoms with Crippen LogP contribution in [0.2, 0.25) is 0 Å². The molecule has 0 saturated heterocycles. The number of hydrogen-bond donors (Lipinski definition) is 1. The topological polar surface area (TPSA) is 77.9 Å². The number of amides is 2. The number of aliphatic carboxylic acids is 1. The maximum atomic E-state index is 12.8. The molecule has 6 heteroatoms. The number of benzene rings is 1. The fourth-order valence-corrected chi connectivity index (χ4v) is 3.81. The van der Waals surface area contributed by atoms with Gasteiger partial charge < -0.3 is 10.0 Å². The van der Waals surface area contributed by atoms with Crippen molar-refractivity contribution >= 4 is 23.5 Å². The first kappa shape index (κ1) is 17.2. The highest BCUT2D eigenvalue weighted by molar-refractivity contribution is 6.10. The van der Waals surface area contributed by atoms with Crippen LogP contribution in [-0.4, -0.2) is 51.8 Å². The first-order chi connectivity index (χ1) is 11.9. The summed E-state index contributed by atoms with van der Waals surface area (Å²) in [6.07, 6.45) is 3.43. The molecule has 1 saturated carbocycles. The average molecular weight is 342 g/mol. The lowest BCUT2D eigenvalue weighted by Gasteiger charge is -2.41. The van der Waals surface area contributed by atoms with Gasteiger partial charge in [-0.15, -0.1) is 0 Å². The van der Waals surface area contributed by atoms with Gasteiger partial charge >= 0.3 is 5.97 Å². The van der Waals surface area contributed by atoms with Gasteiger partial charge in [0.1, 0.15) is 12.1 Å². The predicted octanol–water partition coefficient (Wildman–Crippen LogP) is 2.36. The quantitative estimate of drug-likeness (QED) is 0.911. The summed E-state index contributed by atoms with van der Waals surface area (Å²) in [7, 11) is 1.53. The third-order valence-corrected chi connectivity index (χ3v) is 5.43. The summed E-state index contributed by atoms with van der Waals surface area (Å²) in [5.41, 5.74) is 0.546. The van der Waals surface area contributed by atoms with E-state index >= 15 is 0 Å². The van der Waals surface area contributed by atoms with Crippen LogP contribution in [0.15, 0.2) is 30.8 Å². The Bertz CT molecular complexity index is 715. The second kappa shape index (κ2) is 6.35. The summed E-state index contributed by atoms with van der Waals surface area (Å²) >= 11 is 0. The first-order valence-corrected chi connectivity index (χ1v) is 8.49. The molecule has 1 aromatic carbocycles. The third kappa shape index (κ3) is 2.71. The average Bonchev–Trinajstić information content (AvgIpc) is 2.86. The van der Waals surface area contributed by atoms with E-state index in [0.29, 0.717) is 29.7 Å². The molecule has 2 amide bonds. The van der Waals surface area contributed by atoms with Crippen molar-refractivity contribution < 1.29 is 19.5 Å². The second-order valence-corrected chi connectivity index (χ2v) is 6.73. The van der Waals surface area contributed by atoms with Crippen molar-refractivity contribution in [1.82, 2.24) is 9.80 Å². The Morgan fingerprint density at radius 3 is 2.36 bits per heavy atom. The summed E-state index contributed by atoms with van der Waals surface area (Å²) < 4.78 is 0. The lowest BCUT2D eigenvalue weighted by Crippen LogP contribution is -2.58. The van der Waals surface area contributed by atoms with Crippen molar-refractivity contribution in [2.45, 2.75) is 37.6 Å². The zero-order valence-corrected chi connectivity index (χ0v) is 14.3. The van der Waals surface area contributed by atoms with Crippen molar-refractivity contribution in [3.05, 3.63) is 42.0 Å². The van der Waals surface area contributed by atoms with Crippen LogP contribution >= 0.6 is 0 Å². The van der Waals surface area contributed by atoms with Crippen molar-refractivity contribution in [2.24, 2.45) is 0 Å². The van der Waals surface area contributed by atoms with E-state index in [4.69, 9.17) is 0 Å². The van der Waals surface area contributed by atoms with Gasteiger partial charge in [0.15, 0.2) is 0 Å². The molecule has 0 atom stereocenters. The van der Waals surface area contributed by atoms with Gasteiger partial charge in [0.05, 0.1) is 0 Å². The molecule has 0 radical (unpaired) electrons. The number of carbonyl (C=O) groups is 3. The second-order valence-electron chi connectivity index (χ2n) is 6.73. The van der Waals surface area contributed by atoms with Gasteiger partial charge in [-0.1, -0.05) is 44.0 Å². The Morgan fingerprint density at radius 1 is 1.20 bits per heavy atom. The lowest BCUT2D eigenvalue weighted by atomic mass is 9.80. The minimum Gasteiger partial charge on any atom is -0.479 e. The van der Waals surface area contributed by atoms with Crippen LogP contribution in [-0.2, 0) is 9.59 Å². The number of rotatable bonds is 4. The largest absolute Gasteiger partial charge is 0.479 e. The molecule has 3 rings (SSSR count). The molecule has 0 spiro atoms. The van der Waals surface area contributed by atoms with E-state index < -0.39 is 11.5 Å². The molecule has 1 heterocycles. The molecule has 132 valence electrons. The van der Waals surface area contributed by atoms with Crippen LogP contribution in [0.3, 0.4) is 0 Å². The summed E-state index contributed by atoms with van der Waals surface area (Å²) in [6, 6.07) is 7.08. The lowest BCUT2D eigenvalue weighted by molar-refractivity contribution is -0.160. The molecule has 6 nitrogen and oxygen atoms in total. The van der Waals surface area contributed by atoms with Crippen LogP contribution in [0, 0.1) is 0 Å². The molecule has 0 unspecified atom stereocenters. The molecule has 1 N–H and O–H groups in total. The minimum absolute atomic E-state index is 0.197. The van der Waals surface area contributed by atoms with Crippen molar-refractivity contribution in [3.63, 3.8) is 0 Å². The molecule has 25 heavy (non-hydrogen) atoms. The van der Waals surface area contributed by atoms with Gasteiger partial charge in [-0.2, -0.15) is 0 Å².